The van der Waals surface area contributed by atoms with Crippen LogP contribution in [-0.4, -0.2) is 23.3 Å². The topological polar surface area (TPSA) is 42.1 Å². The number of aromatic amines is 1. The fourth-order valence-electron chi connectivity index (χ4n) is 1.46. The van der Waals surface area contributed by atoms with Gasteiger partial charge in [0.05, 0.1) is 17.4 Å². The molecule has 3 nitrogen and oxygen atoms in total. The third-order valence-corrected chi connectivity index (χ3v) is 3.07. The quantitative estimate of drug-likeness (QED) is 0.654. The van der Waals surface area contributed by atoms with Crippen LogP contribution in [0.3, 0.4) is 0 Å². The van der Waals surface area contributed by atoms with Gasteiger partial charge in [-0.15, -0.1) is 0 Å². The number of aromatic nitrogens is 1. The van der Waals surface area contributed by atoms with E-state index >= 15 is 0 Å². The summed E-state index contributed by atoms with van der Waals surface area (Å²) >= 11 is 1.46. The minimum absolute atomic E-state index is 0.175. The standard InChI is InChI=1S/C12H13NO2S/c1-2-15-12(14)8-16-11-7-9-5-3-4-6-10(9)13-11/h3-7,13H,2,8H2,1H3. The third kappa shape index (κ3) is 2.58. The smallest absolute Gasteiger partial charge is 0.316 e. The Morgan fingerprint density at radius 1 is 1.44 bits per heavy atom. The highest BCUT2D eigenvalue weighted by Crippen LogP contribution is 2.22. The zero-order valence-corrected chi connectivity index (χ0v) is 9.84. The molecular weight excluding hydrogens is 222 g/mol. The molecule has 0 aliphatic carbocycles. The Kier molecular flexibility index (Phi) is 3.51. The van der Waals surface area contributed by atoms with Gasteiger partial charge in [0.15, 0.2) is 0 Å². The maximum atomic E-state index is 11.2. The lowest BCUT2D eigenvalue weighted by Gasteiger charge is -1.99. The van der Waals surface area contributed by atoms with Crippen LogP contribution < -0.4 is 0 Å². The van der Waals surface area contributed by atoms with Crippen molar-refractivity contribution in [1.82, 2.24) is 4.98 Å². The normalized spacial score (nSPS) is 10.6. The minimum Gasteiger partial charge on any atom is -0.465 e. The molecular formula is C12H13NO2S. The predicted molar refractivity (Wildman–Crippen MR) is 65.7 cm³/mol. The first-order chi connectivity index (χ1) is 7.79. The molecule has 1 heterocycles. The number of esters is 1. The summed E-state index contributed by atoms with van der Waals surface area (Å²) in [6.07, 6.45) is 0. The van der Waals surface area contributed by atoms with E-state index in [4.69, 9.17) is 4.74 Å². The first-order valence-electron chi connectivity index (χ1n) is 5.16. The SMILES string of the molecule is CCOC(=O)CSc1cc2ccccc2[nH]1. The number of para-hydroxylation sites is 1. The summed E-state index contributed by atoms with van der Waals surface area (Å²) in [5.41, 5.74) is 1.09. The molecule has 0 amide bonds. The molecule has 1 N–H and O–H groups in total. The molecule has 0 unspecified atom stereocenters. The molecule has 84 valence electrons. The van der Waals surface area contributed by atoms with Crippen molar-refractivity contribution in [3.05, 3.63) is 30.3 Å². The van der Waals surface area contributed by atoms with Crippen molar-refractivity contribution in [1.29, 1.82) is 0 Å². The van der Waals surface area contributed by atoms with Crippen LogP contribution in [0, 0.1) is 0 Å². The number of fused-ring (bicyclic) bond motifs is 1. The summed E-state index contributed by atoms with van der Waals surface area (Å²) in [4.78, 5) is 14.4. The molecule has 0 aliphatic heterocycles. The van der Waals surface area contributed by atoms with Gasteiger partial charge in [-0.3, -0.25) is 4.79 Å². The number of hydrogen-bond donors (Lipinski definition) is 1. The molecule has 0 spiro atoms. The zero-order valence-electron chi connectivity index (χ0n) is 9.03. The van der Waals surface area contributed by atoms with Gasteiger partial charge in [0.1, 0.15) is 0 Å². The van der Waals surface area contributed by atoms with Crippen molar-refractivity contribution in [2.45, 2.75) is 11.9 Å². The molecule has 1 aromatic carbocycles. The Labute approximate surface area is 98.2 Å². The van der Waals surface area contributed by atoms with E-state index in [2.05, 4.69) is 4.98 Å². The van der Waals surface area contributed by atoms with Crippen LogP contribution in [0.5, 0.6) is 0 Å². The second-order valence-corrected chi connectivity index (χ2v) is 4.33. The van der Waals surface area contributed by atoms with E-state index in [9.17, 15) is 4.79 Å². The lowest BCUT2D eigenvalue weighted by atomic mass is 10.3. The molecule has 16 heavy (non-hydrogen) atoms. The van der Waals surface area contributed by atoms with Crippen LogP contribution in [0.1, 0.15) is 6.92 Å². The Balaban J connectivity index is 2.02. The van der Waals surface area contributed by atoms with E-state index in [0.29, 0.717) is 12.4 Å². The predicted octanol–water partition coefficient (Wildman–Crippen LogP) is 2.82. The maximum absolute atomic E-state index is 11.2. The summed E-state index contributed by atoms with van der Waals surface area (Å²) in [5, 5.41) is 2.16. The van der Waals surface area contributed by atoms with E-state index in [1.807, 2.05) is 37.3 Å². The Morgan fingerprint density at radius 2 is 2.25 bits per heavy atom. The van der Waals surface area contributed by atoms with Gasteiger partial charge >= 0.3 is 5.97 Å². The van der Waals surface area contributed by atoms with Gasteiger partial charge in [0, 0.05) is 10.9 Å². The van der Waals surface area contributed by atoms with Crippen molar-refractivity contribution in [2.75, 3.05) is 12.4 Å². The van der Waals surface area contributed by atoms with Crippen LogP contribution in [0.25, 0.3) is 10.9 Å². The first-order valence-corrected chi connectivity index (χ1v) is 6.14. The van der Waals surface area contributed by atoms with Gasteiger partial charge in [-0.1, -0.05) is 30.0 Å². The van der Waals surface area contributed by atoms with Crippen LogP contribution in [-0.2, 0) is 9.53 Å². The molecule has 0 fully saturated rings. The van der Waals surface area contributed by atoms with Gasteiger partial charge in [-0.25, -0.2) is 0 Å². The van der Waals surface area contributed by atoms with E-state index in [1.165, 1.54) is 11.8 Å². The van der Waals surface area contributed by atoms with Gasteiger partial charge in [-0.2, -0.15) is 0 Å². The number of carbonyl (C=O) groups is 1. The highest BCUT2D eigenvalue weighted by Gasteiger charge is 2.05. The third-order valence-electron chi connectivity index (χ3n) is 2.16. The molecule has 0 saturated carbocycles. The molecule has 0 radical (unpaired) electrons. The minimum atomic E-state index is -0.175. The van der Waals surface area contributed by atoms with Crippen molar-refractivity contribution in [2.24, 2.45) is 0 Å². The average Bonchev–Trinajstić information content (AvgIpc) is 2.69. The molecule has 1 aromatic heterocycles. The molecule has 0 saturated heterocycles. The van der Waals surface area contributed by atoms with Crippen molar-refractivity contribution in [3.63, 3.8) is 0 Å². The molecule has 0 aliphatic rings. The summed E-state index contributed by atoms with van der Waals surface area (Å²) in [7, 11) is 0. The molecule has 2 rings (SSSR count). The molecule has 2 aromatic rings. The highest BCUT2D eigenvalue weighted by molar-refractivity contribution is 7.99. The van der Waals surface area contributed by atoms with E-state index < -0.39 is 0 Å². The van der Waals surface area contributed by atoms with Gasteiger partial charge in [-0.05, 0) is 19.1 Å². The number of carbonyl (C=O) groups excluding carboxylic acids is 1. The number of thioether (sulfide) groups is 1. The first kappa shape index (κ1) is 11.1. The number of H-pyrrole nitrogens is 1. The number of rotatable bonds is 4. The van der Waals surface area contributed by atoms with Gasteiger partial charge < -0.3 is 9.72 Å². The van der Waals surface area contributed by atoms with E-state index in [1.54, 1.807) is 0 Å². The largest absolute Gasteiger partial charge is 0.465 e. The lowest BCUT2D eigenvalue weighted by molar-refractivity contribution is -0.139. The summed E-state index contributed by atoms with van der Waals surface area (Å²) in [5.74, 6) is 0.173. The Bertz CT molecular complexity index is 459. The van der Waals surface area contributed by atoms with Crippen molar-refractivity contribution in [3.8, 4) is 0 Å². The molecule has 0 atom stereocenters. The van der Waals surface area contributed by atoms with Crippen molar-refractivity contribution < 1.29 is 9.53 Å². The van der Waals surface area contributed by atoms with Gasteiger partial charge in [0.25, 0.3) is 0 Å². The van der Waals surface area contributed by atoms with Crippen LogP contribution in [0.2, 0.25) is 0 Å². The second-order valence-electron chi connectivity index (χ2n) is 3.31. The second kappa shape index (κ2) is 5.07. The zero-order chi connectivity index (χ0) is 11.4. The van der Waals surface area contributed by atoms with Crippen LogP contribution in [0.4, 0.5) is 0 Å². The number of hydrogen-bond acceptors (Lipinski definition) is 3. The maximum Gasteiger partial charge on any atom is 0.316 e. The monoisotopic (exact) mass is 235 g/mol. The Morgan fingerprint density at radius 3 is 3.00 bits per heavy atom. The highest BCUT2D eigenvalue weighted by atomic mass is 32.2. The van der Waals surface area contributed by atoms with E-state index in [-0.39, 0.29) is 5.97 Å². The summed E-state index contributed by atoms with van der Waals surface area (Å²) < 4.78 is 4.86. The number of ether oxygens (including phenoxy) is 1. The fraction of sp³-hybridized carbons (Fsp3) is 0.250. The fourth-order valence-corrected chi connectivity index (χ4v) is 2.21. The van der Waals surface area contributed by atoms with Crippen LogP contribution in [0.15, 0.2) is 35.4 Å². The lowest BCUT2D eigenvalue weighted by Crippen LogP contribution is -2.06. The molecule has 4 heteroatoms. The number of benzene rings is 1. The summed E-state index contributed by atoms with van der Waals surface area (Å²) in [6, 6.07) is 10.1. The van der Waals surface area contributed by atoms with Crippen molar-refractivity contribution >= 4 is 28.6 Å². The van der Waals surface area contributed by atoms with Crippen LogP contribution >= 0.6 is 11.8 Å². The Hall–Kier alpha value is -1.42. The van der Waals surface area contributed by atoms with E-state index in [0.717, 1.165) is 15.9 Å². The summed E-state index contributed by atoms with van der Waals surface area (Å²) in [6.45, 7) is 2.25. The average molecular weight is 235 g/mol. The molecule has 0 bridgehead atoms. The number of nitrogens with one attached hydrogen (secondary N) is 1. The van der Waals surface area contributed by atoms with Gasteiger partial charge in [0.2, 0.25) is 0 Å².